The second kappa shape index (κ2) is 16.1. The third-order valence-corrected chi connectivity index (χ3v) is 14.5. The molecule has 0 aromatic rings. The van der Waals surface area contributed by atoms with Crippen molar-refractivity contribution in [3.05, 3.63) is 0 Å². The average Bonchev–Trinajstić information content (AvgIpc) is 2.93. The van der Waals surface area contributed by atoms with Gasteiger partial charge in [-0.05, 0) is 0 Å². The van der Waals surface area contributed by atoms with Crippen LogP contribution in [0.5, 0.6) is 0 Å². The van der Waals surface area contributed by atoms with E-state index in [0.717, 1.165) is 0 Å². The Balaban J connectivity index is 6.97. The van der Waals surface area contributed by atoms with Gasteiger partial charge in [-0.25, -0.2) is 0 Å². The summed E-state index contributed by atoms with van der Waals surface area (Å²) in [5.74, 6) is -48.7. The van der Waals surface area contributed by atoms with E-state index in [9.17, 15) is 74.6 Å². The van der Waals surface area contributed by atoms with Crippen molar-refractivity contribution in [2.45, 2.75) is 137 Å². The molecule has 0 unspecified atom stereocenters. The second-order valence-corrected chi connectivity index (χ2v) is 19.0. The van der Waals surface area contributed by atoms with Crippen LogP contribution in [0.1, 0.15) is 85.0 Å². The minimum atomic E-state index is -8.65. The van der Waals surface area contributed by atoms with E-state index < -0.39 is 76.9 Å². The fraction of sp³-hybridized carbons (Fsp3) is 0.786. The maximum atomic E-state index is 14.8. The minimum absolute atomic E-state index is 0.130. The van der Waals surface area contributed by atoms with Gasteiger partial charge in [0.1, 0.15) is 0 Å². The molecule has 0 bridgehead atoms. The van der Waals surface area contributed by atoms with Crippen LogP contribution in [0.15, 0.2) is 0 Å². The van der Waals surface area contributed by atoms with E-state index in [2.05, 4.69) is 29.6 Å². The molecule has 46 heavy (non-hydrogen) atoms. The quantitative estimate of drug-likeness (QED) is 0.0669. The number of alkyl halides is 17. The molecule has 0 aromatic heterocycles. The van der Waals surface area contributed by atoms with Gasteiger partial charge in [-0.15, -0.1) is 0 Å². The molecule has 0 nitrogen and oxygen atoms in total. The molecule has 0 aliphatic carbocycles. The summed E-state index contributed by atoms with van der Waals surface area (Å²) in [6.45, 7) is 5.24. The van der Waals surface area contributed by atoms with Crippen LogP contribution in [0.25, 0.3) is 0 Å². The molecule has 0 heterocycles. The summed E-state index contributed by atoms with van der Waals surface area (Å²) in [5, 5.41) is 0. The molecule has 0 aromatic carbocycles. The summed E-state index contributed by atoms with van der Waals surface area (Å²) in [4.78, 5) is 0. The van der Waals surface area contributed by atoms with Crippen molar-refractivity contribution < 1.29 is 74.6 Å². The molecule has 0 aliphatic rings. The maximum absolute atomic E-state index is 14.8. The molecule has 0 fully saturated rings. The monoisotopic (exact) mass is 810 g/mol. The molecule has 0 saturated carbocycles. The Hall–Kier alpha value is -1.71. The predicted octanol–water partition coefficient (Wildman–Crippen LogP) is 11.0. The molecule has 0 spiro atoms. The molecule has 266 valence electrons. The van der Waals surface area contributed by atoms with Crippen LogP contribution in [0.2, 0.25) is 4.44 Å². The first kappa shape index (κ1) is 44.3. The van der Waals surface area contributed by atoms with Crippen molar-refractivity contribution in [1.29, 1.82) is 0 Å². The summed E-state index contributed by atoms with van der Waals surface area (Å²) in [7, 11) is 0. The van der Waals surface area contributed by atoms with Crippen molar-refractivity contribution in [3.63, 3.8) is 0 Å². The number of halogens is 17. The van der Waals surface area contributed by atoms with Crippen LogP contribution in [0.4, 0.5) is 74.6 Å². The van der Waals surface area contributed by atoms with Crippen molar-refractivity contribution in [3.8, 4) is 29.6 Å². The van der Waals surface area contributed by atoms with E-state index in [1.807, 2.05) is 0 Å². The molecule has 0 N–H and O–H groups in total. The zero-order valence-electron chi connectivity index (χ0n) is 24.7. The van der Waals surface area contributed by atoms with Crippen LogP contribution in [0.3, 0.4) is 0 Å². The van der Waals surface area contributed by atoms with Gasteiger partial charge in [0.15, 0.2) is 0 Å². The van der Waals surface area contributed by atoms with Crippen molar-refractivity contribution in [1.82, 2.24) is 0 Å². The fourth-order valence-electron chi connectivity index (χ4n) is 3.41. The molecule has 0 saturated heterocycles. The molecule has 0 aliphatic heterocycles. The van der Waals surface area contributed by atoms with Crippen LogP contribution < -0.4 is 0 Å². The van der Waals surface area contributed by atoms with Gasteiger partial charge in [-0.2, -0.15) is 0 Å². The van der Waals surface area contributed by atoms with E-state index in [0.29, 0.717) is 38.5 Å². The van der Waals surface area contributed by atoms with Gasteiger partial charge in [0.2, 0.25) is 0 Å². The van der Waals surface area contributed by atoms with Crippen LogP contribution in [-0.4, -0.2) is 66.0 Å². The fourth-order valence-corrected chi connectivity index (χ4v) is 10.6. The Morgan fingerprint density at radius 1 is 0.413 bits per heavy atom. The summed E-state index contributed by atoms with van der Waals surface area (Å²) in [5.41, 5.74) is 0. The molecular formula is C28H31F17Sn. The average molecular weight is 809 g/mol. The van der Waals surface area contributed by atoms with Crippen LogP contribution >= 0.6 is 0 Å². The van der Waals surface area contributed by atoms with Gasteiger partial charge in [0.25, 0.3) is 0 Å². The van der Waals surface area contributed by atoms with Crippen LogP contribution in [0, 0.1) is 29.6 Å². The van der Waals surface area contributed by atoms with E-state index in [1.54, 1.807) is 20.8 Å². The number of hydrogen-bond acceptors (Lipinski definition) is 0. The van der Waals surface area contributed by atoms with Gasteiger partial charge in [0.05, 0.1) is 0 Å². The first-order chi connectivity index (χ1) is 20.6. The first-order valence-corrected chi connectivity index (χ1v) is 20.2. The predicted molar refractivity (Wildman–Crippen MR) is 138 cm³/mol. The van der Waals surface area contributed by atoms with Crippen molar-refractivity contribution >= 4 is 18.4 Å². The van der Waals surface area contributed by atoms with Crippen molar-refractivity contribution in [2.75, 3.05) is 0 Å². The summed E-state index contributed by atoms with van der Waals surface area (Å²) >= 11 is -5.14. The Morgan fingerprint density at radius 2 is 0.696 bits per heavy atom. The molecule has 0 amide bonds. The Kier molecular flexibility index (Phi) is 15.5. The Bertz CT molecular complexity index is 1100. The molecule has 0 radical (unpaired) electrons. The normalized spacial score (nSPS) is 14.1. The Morgan fingerprint density at radius 3 is 0.978 bits per heavy atom. The third kappa shape index (κ3) is 9.04. The molecule has 0 rings (SSSR count). The number of rotatable bonds is 15. The zero-order chi connectivity index (χ0) is 36.5. The zero-order valence-corrected chi connectivity index (χ0v) is 27.6. The summed E-state index contributed by atoms with van der Waals surface area (Å²) in [6.07, 6.45) is -6.77. The van der Waals surface area contributed by atoms with Gasteiger partial charge in [-0.3, -0.25) is 0 Å². The first-order valence-electron chi connectivity index (χ1n) is 13.9. The van der Waals surface area contributed by atoms with Crippen molar-refractivity contribution in [2.24, 2.45) is 0 Å². The van der Waals surface area contributed by atoms with E-state index in [4.69, 9.17) is 0 Å². The topological polar surface area (TPSA) is 0 Å². The second-order valence-electron chi connectivity index (χ2n) is 10.3. The number of unbranched alkanes of at least 4 members (excludes halogenated alkanes) is 6. The summed E-state index contributed by atoms with van der Waals surface area (Å²) in [6, 6.07) is 0. The molecule has 18 heteroatoms. The van der Waals surface area contributed by atoms with E-state index >= 15 is 0 Å². The van der Waals surface area contributed by atoms with Gasteiger partial charge >= 0.3 is 260 Å². The van der Waals surface area contributed by atoms with Crippen LogP contribution in [-0.2, 0) is 0 Å². The van der Waals surface area contributed by atoms with Gasteiger partial charge < -0.3 is 0 Å². The number of hydrogen-bond donors (Lipinski definition) is 0. The van der Waals surface area contributed by atoms with Gasteiger partial charge in [0, 0.05) is 0 Å². The summed E-state index contributed by atoms with van der Waals surface area (Å²) < 4.78 is 239. The third-order valence-electron chi connectivity index (χ3n) is 6.47. The van der Waals surface area contributed by atoms with Gasteiger partial charge in [-0.1, -0.05) is 0 Å². The van der Waals surface area contributed by atoms with E-state index in [1.165, 1.54) is 0 Å². The Labute approximate surface area is 259 Å². The molecule has 0 atom stereocenters. The SMILES string of the molecule is CCCCC#[C][Sn]([C]#CCCCC)([C]#CCCCC)[CH2]CC(F)(F)C(F)(F)C(F)(F)C(F)(F)C(F)(F)C(F)(F)C(F)(F)C(F)(F)F. The van der Waals surface area contributed by atoms with E-state index in [-0.39, 0.29) is 19.3 Å². The molecular weight excluding hydrogens is 778 g/mol. The standard InChI is InChI=1S/C10H4F17.3C6H9.Sn/c1-2-3(11,12)4(13,14)5(15,16)6(17,18)7(19,20)8(21,22)9(23,24)10(25,26)27;3*1-3-5-6-4-2;/h1-2H2;3*3,5-6H2,1H3;.